The summed E-state index contributed by atoms with van der Waals surface area (Å²) in [5.74, 6) is 0.198. The number of carbonyl (C=O) groups is 1. The number of unbranched alkanes of at least 4 members (excludes halogenated alkanes) is 1. The van der Waals surface area contributed by atoms with Gasteiger partial charge in [-0.25, -0.2) is 0 Å². The zero-order chi connectivity index (χ0) is 13.0. The van der Waals surface area contributed by atoms with Gasteiger partial charge < -0.3 is 15.5 Å². The Labute approximate surface area is 106 Å². The van der Waals surface area contributed by atoms with Gasteiger partial charge in [-0.2, -0.15) is 0 Å². The average Bonchev–Trinajstić information content (AvgIpc) is 2.77. The number of hydrogen-bond donors (Lipinski definition) is 2. The molecular weight excluding hydrogens is 228 g/mol. The highest BCUT2D eigenvalue weighted by atomic mass is 16.3. The van der Waals surface area contributed by atoms with E-state index in [1.807, 2.05) is 25.1 Å². The summed E-state index contributed by atoms with van der Waals surface area (Å²) < 4.78 is 5.51. The SMILES string of the molecule is Cc1ccc2oc(C(=O)NCCCCN)cc2c1. The van der Waals surface area contributed by atoms with Crippen molar-refractivity contribution in [3.05, 3.63) is 35.6 Å². The molecule has 1 amide bonds. The van der Waals surface area contributed by atoms with E-state index in [2.05, 4.69) is 5.32 Å². The second-order valence-corrected chi connectivity index (χ2v) is 4.40. The van der Waals surface area contributed by atoms with Crippen LogP contribution in [0.2, 0.25) is 0 Å². The number of fused-ring (bicyclic) bond motifs is 1. The minimum absolute atomic E-state index is 0.166. The van der Waals surface area contributed by atoms with Crippen LogP contribution in [0, 0.1) is 6.92 Å². The summed E-state index contributed by atoms with van der Waals surface area (Å²) in [5.41, 5.74) is 7.28. The fraction of sp³-hybridized carbons (Fsp3) is 0.357. The van der Waals surface area contributed by atoms with Crippen molar-refractivity contribution < 1.29 is 9.21 Å². The van der Waals surface area contributed by atoms with E-state index in [0.717, 1.165) is 29.4 Å². The number of amides is 1. The first-order chi connectivity index (χ1) is 8.70. The van der Waals surface area contributed by atoms with Crippen LogP contribution in [0.3, 0.4) is 0 Å². The Balaban J connectivity index is 2.04. The predicted molar refractivity (Wildman–Crippen MR) is 71.6 cm³/mol. The largest absolute Gasteiger partial charge is 0.451 e. The van der Waals surface area contributed by atoms with E-state index in [1.54, 1.807) is 6.07 Å². The van der Waals surface area contributed by atoms with Crippen molar-refractivity contribution in [2.75, 3.05) is 13.1 Å². The molecule has 96 valence electrons. The molecule has 4 heteroatoms. The lowest BCUT2D eigenvalue weighted by Crippen LogP contribution is -2.24. The molecule has 0 spiro atoms. The molecule has 1 aromatic heterocycles. The maximum absolute atomic E-state index is 11.8. The third-order valence-electron chi connectivity index (χ3n) is 2.81. The molecule has 0 atom stereocenters. The Hall–Kier alpha value is -1.81. The maximum Gasteiger partial charge on any atom is 0.287 e. The molecule has 1 aromatic carbocycles. The van der Waals surface area contributed by atoms with Gasteiger partial charge in [0.25, 0.3) is 5.91 Å². The topological polar surface area (TPSA) is 68.3 Å². The lowest BCUT2D eigenvalue weighted by atomic mass is 10.2. The van der Waals surface area contributed by atoms with E-state index >= 15 is 0 Å². The van der Waals surface area contributed by atoms with Crippen LogP contribution in [0.25, 0.3) is 11.0 Å². The molecule has 0 aliphatic carbocycles. The van der Waals surface area contributed by atoms with Crippen molar-refractivity contribution in [2.45, 2.75) is 19.8 Å². The van der Waals surface area contributed by atoms with Gasteiger partial charge in [-0.15, -0.1) is 0 Å². The summed E-state index contributed by atoms with van der Waals surface area (Å²) in [7, 11) is 0. The van der Waals surface area contributed by atoms with Gasteiger partial charge in [-0.1, -0.05) is 11.6 Å². The number of nitrogens with one attached hydrogen (secondary N) is 1. The quantitative estimate of drug-likeness (QED) is 0.795. The molecule has 0 unspecified atom stereocenters. The van der Waals surface area contributed by atoms with Crippen LogP contribution in [0.1, 0.15) is 29.0 Å². The van der Waals surface area contributed by atoms with E-state index in [-0.39, 0.29) is 5.91 Å². The lowest BCUT2D eigenvalue weighted by Gasteiger charge is -2.01. The van der Waals surface area contributed by atoms with Crippen LogP contribution >= 0.6 is 0 Å². The first kappa shape index (κ1) is 12.6. The molecule has 2 aromatic rings. The van der Waals surface area contributed by atoms with Crippen molar-refractivity contribution in [2.24, 2.45) is 5.73 Å². The molecular formula is C14H18N2O2. The highest BCUT2D eigenvalue weighted by molar-refractivity contribution is 5.96. The van der Waals surface area contributed by atoms with Crippen molar-refractivity contribution >= 4 is 16.9 Å². The van der Waals surface area contributed by atoms with Crippen molar-refractivity contribution in [1.82, 2.24) is 5.32 Å². The van der Waals surface area contributed by atoms with Gasteiger partial charge >= 0.3 is 0 Å². The van der Waals surface area contributed by atoms with Crippen LogP contribution in [0.5, 0.6) is 0 Å². The standard InChI is InChI=1S/C14H18N2O2/c1-10-4-5-12-11(8-10)9-13(18-12)14(17)16-7-3-2-6-15/h4-5,8-9H,2-3,6-7,15H2,1H3,(H,16,17). The summed E-state index contributed by atoms with van der Waals surface area (Å²) in [5, 5.41) is 3.78. The Kier molecular flexibility index (Phi) is 3.99. The molecule has 0 aliphatic rings. The normalized spacial score (nSPS) is 10.8. The average molecular weight is 246 g/mol. The highest BCUT2D eigenvalue weighted by Crippen LogP contribution is 2.20. The first-order valence-corrected chi connectivity index (χ1v) is 6.19. The van der Waals surface area contributed by atoms with Crippen LogP contribution in [-0.4, -0.2) is 19.0 Å². The highest BCUT2D eigenvalue weighted by Gasteiger charge is 2.11. The summed E-state index contributed by atoms with van der Waals surface area (Å²) in [6.07, 6.45) is 1.81. The summed E-state index contributed by atoms with van der Waals surface area (Å²) in [6.45, 7) is 3.30. The molecule has 18 heavy (non-hydrogen) atoms. The minimum Gasteiger partial charge on any atom is -0.451 e. The molecule has 1 heterocycles. The molecule has 0 saturated heterocycles. The Morgan fingerprint density at radius 2 is 2.17 bits per heavy atom. The second-order valence-electron chi connectivity index (χ2n) is 4.40. The smallest absolute Gasteiger partial charge is 0.287 e. The number of rotatable bonds is 5. The van der Waals surface area contributed by atoms with Crippen molar-refractivity contribution in [1.29, 1.82) is 0 Å². The van der Waals surface area contributed by atoms with Gasteiger partial charge in [-0.3, -0.25) is 4.79 Å². The third kappa shape index (κ3) is 2.90. The number of benzene rings is 1. The first-order valence-electron chi connectivity index (χ1n) is 6.19. The number of hydrogen-bond acceptors (Lipinski definition) is 3. The van der Waals surface area contributed by atoms with Crippen LogP contribution in [0.4, 0.5) is 0 Å². The Bertz CT molecular complexity index is 546. The molecule has 0 aliphatic heterocycles. The molecule has 2 rings (SSSR count). The maximum atomic E-state index is 11.8. The van der Waals surface area contributed by atoms with Crippen LogP contribution in [-0.2, 0) is 0 Å². The molecule has 0 fully saturated rings. The fourth-order valence-electron chi connectivity index (χ4n) is 1.83. The minimum atomic E-state index is -0.166. The van der Waals surface area contributed by atoms with Gasteiger partial charge in [0, 0.05) is 11.9 Å². The Morgan fingerprint density at radius 1 is 1.33 bits per heavy atom. The van der Waals surface area contributed by atoms with E-state index in [0.29, 0.717) is 18.8 Å². The second kappa shape index (κ2) is 5.69. The van der Waals surface area contributed by atoms with Gasteiger partial charge in [0.2, 0.25) is 0 Å². The van der Waals surface area contributed by atoms with Gasteiger partial charge in [0.05, 0.1) is 0 Å². The van der Waals surface area contributed by atoms with Crippen molar-refractivity contribution in [3.63, 3.8) is 0 Å². The summed E-state index contributed by atoms with van der Waals surface area (Å²) >= 11 is 0. The van der Waals surface area contributed by atoms with Gasteiger partial charge in [0.1, 0.15) is 5.58 Å². The number of aryl methyl sites for hydroxylation is 1. The van der Waals surface area contributed by atoms with E-state index in [1.165, 1.54) is 0 Å². The molecule has 3 N–H and O–H groups in total. The lowest BCUT2D eigenvalue weighted by molar-refractivity contribution is 0.0927. The Morgan fingerprint density at radius 3 is 2.94 bits per heavy atom. The fourth-order valence-corrected chi connectivity index (χ4v) is 1.83. The van der Waals surface area contributed by atoms with Gasteiger partial charge in [0.15, 0.2) is 5.76 Å². The van der Waals surface area contributed by atoms with Gasteiger partial charge in [-0.05, 0) is 44.5 Å². The van der Waals surface area contributed by atoms with Crippen molar-refractivity contribution in [3.8, 4) is 0 Å². The molecule has 0 saturated carbocycles. The summed E-state index contributed by atoms with van der Waals surface area (Å²) in [4.78, 5) is 11.8. The molecule has 0 bridgehead atoms. The van der Waals surface area contributed by atoms with Crippen LogP contribution < -0.4 is 11.1 Å². The monoisotopic (exact) mass is 246 g/mol. The zero-order valence-corrected chi connectivity index (χ0v) is 10.5. The van der Waals surface area contributed by atoms with E-state index in [4.69, 9.17) is 10.2 Å². The number of carbonyl (C=O) groups excluding carboxylic acids is 1. The zero-order valence-electron chi connectivity index (χ0n) is 10.5. The predicted octanol–water partition coefficient (Wildman–Crippen LogP) is 2.21. The molecule has 0 radical (unpaired) electrons. The third-order valence-corrected chi connectivity index (χ3v) is 2.81. The van der Waals surface area contributed by atoms with Crippen LogP contribution in [0.15, 0.2) is 28.7 Å². The molecule has 4 nitrogen and oxygen atoms in total. The summed E-state index contributed by atoms with van der Waals surface area (Å²) in [6, 6.07) is 7.63. The number of nitrogens with two attached hydrogens (primary N) is 1. The van der Waals surface area contributed by atoms with E-state index < -0.39 is 0 Å². The number of furan rings is 1. The van der Waals surface area contributed by atoms with E-state index in [9.17, 15) is 4.79 Å².